The Kier molecular flexibility index (Phi) is 5.20. The van der Waals surface area contributed by atoms with Gasteiger partial charge in [-0.15, -0.1) is 0 Å². The van der Waals surface area contributed by atoms with Crippen molar-refractivity contribution in [1.82, 2.24) is 0 Å². The lowest BCUT2D eigenvalue weighted by Gasteiger charge is -2.11. The largest absolute Gasteiger partial charge is 0.204 e. The third-order valence-corrected chi connectivity index (χ3v) is 5.13. The number of halogens is 5. The normalized spacial score (nSPS) is 12.5. The number of alkyl halides is 1. The van der Waals surface area contributed by atoms with Gasteiger partial charge in [-0.05, 0) is 64.4 Å². The summed E-state index contributed by atoms with van der Waals surface area (Å²) in [4.78, 5) is 0.00635. The molecule has 19 heavy (non-hydrogen) atoms. The van der Waals surface area contributed by atoms with E-state index in [2.05, 4.69) is 38.5 Å². The van der Waals surface area contributed by atoms with Crippen LogP contribution in [0.5, 0.6) is 0 Å². The minimum absolute atomic E-state index is 0.00635. The van der Waals surface area contributed by atoms with E-state index in [0.717, 1.165) is 20.8 Å². The smallest absolute Gasteiger partial charge is 0.159 e. The van der Waals surface area contributed by atoms with Crippen LogP contribution in [0.2, 0.25) is 5.02 Å². The Balaban J connectivity index is 2.17. The molecular weight excluding hydrogens is 448 g/mol. The Morgan fingerprint density at radius 2 is 1.84 bits per heavy atom. The first-order valence-electron chi connectivity index (χ1n) is 5.50. The van der Waals surface area contributed by atoms with Crippen molar-refractivity contribution in [3.05, 3.63) is 67.8 Å². The Morgan fingerprint density at radius 1 is 1.11 bits per heavy atom. The average Bonchev–Trinajstić information content (AvgIpc) is 2.37. The molecule has 0 fully saturated rings. The third-order valence-electron chi connectivity index (χ3n) is 2.70. The molecule has 0 aromatic heterocycles. The first-order valence-corrected chi connectivity index (χ1v) is 7.87. The zero-order chi connectivity index (χ0) is 14.0. The minimum atomic E-state index is -0.827. The number of benzene rings is 2. The molecule has 2 rings (SSSR count). The highest BCUT2D eigenvalue weighted by Crippen LogP contribution is 2.31. The highest BCUT2D eigenvalue weighted by Gasteiger charge is 2.12. The van der Waals surface area contributed by atoms with Crippen LogP contribution >= 0.6 is 50.1 Å². The molecule has 0 nitrogen and oxygen atoms in total. The minimum Gasteiger partial charge on any atom is -0.204 e. The molecule has 1 atom stereocenters. The summed E-state index contributed by atoms with van der Waals surface area (Å²) in [7, 11) is 0. The average molecular weight is 457 g/mol. The lowest BCUT2D eigenvalue weighted by Crippen LogP contribution is -1.97. The molecular formula is C14H9BrClF2I. The van der Waals surface area contributed by atoms with Crippen LogP contribution in [0.25, 0.3) is 0 Å². The lowest BCUT2D eigenvalue weighted by molar-refractivity contribution is 0.507. The maximum atomic E-state index is 13.1. The third kappa shape index (κ3) is 3.89. The van der Waals surface area contributed by atoms with Crippen LogP contribution in [0, 0.1) is 15.2 Å². The van der Waals surface area contributed by atoms with Gasteiger partial charge in [-0.2, -0.15) is 0 Å². The molecule has 0 N–H and O–H groups in total. The lowest BCUT2D eigenvalue weighted by atomic mass is 10.0. The Labute approximate surface area is 137 Å². The van der Waals surface area contributed by atoms with E-state index in [1.54, 1.807) is 6.07 Å². The van der Waals surface area contributed by atoms with Gasteiger partial charge in [-0.25, -0.2) is 8.78 Å². The molecule has 0 amide bonds. The summed E-state index contributed by atoms with van der Waals surface area (Å²) in [5, 5.41) is 0.688. The van der Waals surface area contributed by atoms with Crippen molar-refractivity contribution in [3.8, 4) is 0 Å². The second kappa shape index (κ2) is 6.50. The van der Waals surface area contributed by atoms with Crippen molar-refractivity contribution in [2.75, 3.05) is 0 Å². The molecule has 0 heterocycles. The Hall–Kier alpha value is -0.200. The van der Waals surface area contributed by atoms with E-state index >= 15 is 0 Å². The van der Waals surface area contributed by atoms with E-state index in [4.69, 9.17) is 11.6 Å². The Bertz CT molecular complexity index is 604. The molecule has 100 valence electrons. The van der Waals surface area contributed by atoms with Gasteiger partial charge in [0.15, 0.2) is 11.6 Å². The van der Waals surface area contributed by atoms with Gasteiger partial charge >= 0.3 is 0 Å². The van der Waals surface area contributed by atoms with Gasteiger partial charge in [-0.1, -0.05) is 39.7 Å². The second-order valence-corrected chi connectivity index (χ2v) is 6.77. The fraction of sp³-hybridized carbons (Fsp3) is 0.143. The van der Waals surface area contributed by atoms with Gasteiger partial charge in [0.2, 0.25) is 0 Å². The molecule has 0 bridgehead atoms. The van der Waals surface area contributed by atoms with Crippen LogP contribution in [0.4, 0.5) is 8.78 Å². The molecule has 0 aliphatic carbocycles. The monoisotopic (exact) mass is 456 g/mol. The summed E-state index contributed by atoms with van der Waals surface area (Å²) in [6.07, 6.45) is 0.564. The summed E-state index contributed by atoms with van der Waals surface area (Å²) >= 11 is 11.8. The van der Waals surface area contributed by atoms with E-state index in [1.165, 1.54) is 6.07 Å². The van der Waals surface area contributed by atoms with Gasteiger partial charge < -0.3 is 0 Å². The van der Waals surface area contributed by atoms with Crippen molar-refractivity contribution in [3.63, 3.8) is 0 Å². The fourth-order valence-electron chi connectivity index (χ4n) is 1.70. The summed E-state index contributed by atoms with van der Waals surface area (Å²) in [6.45, 7) is 0. The Morgan fingerprint density at radius 3 is 2.47 bits per heavy atom. The molecule has 0 saturated heterocycles. The van der Waals surface area contributed by atoms with Crippen LogP contribution in [0.15, 0.2) is 36.4 Å². The van der Waals surface area contributed by atoms with Crippen LogP contribution in [0.1, 0.15) is 16.0 Å². The molecule has 0 radical (unpaired) electrons. The summed E-state index contributed by atoms with van der Waals surface area (Å²) < 4.78 is 27.0. The van der Waals surface area contributed by atoms with E-state index in [9.17, 15) is 8.78 Å². The van der Waals surface area contributed by atoms with Gasteiger partial charge in [0.05, 0.1) is 5.02 Å². The number of hydrogen-bond acceptors (Lipinski definition) is 0. The standard InChI is InChI=1S/C14H9BrClF2I/c15-10(9-2-4-14(19)11(16)7-9)5-8-1-3-12(17)13(18)6-8/h1-4,6-7,10H,5H2. The zero-order valence-corrected chi connectivity index (χ0v) is 14.1. The van der Waals surface area contributed by atoms with Crippen molar-refractivity contribution in [2.24, 2.45) is 0 Å². The van der Waals surface area contributed by atoms with Crippen LogP contribution in [-0.4, -0.2) is 0 Å². The van der Waals surface area contributed by atoms with E-state index in [1.807, 2.05) is 18.2 Å². The maximum absolute atomic E-state index is 13.1. The summed E-state index contributed by atoms with van der Waals surface area (Å²) in [6, 6.07) is 9.72. The number of rotatable bonds is 3. The van der Waals surface area contributed by atoms with E-state index in [0.29, 0.717) is 11.4 Å². The maximum Gasteiger partial charge on any atom is 0.159 e. The molecule has 0 spiro atoms. The highest BCUT2D eigenvalue weighted by molar-refractivity contribution is 14.1. The highest BCUT2D eigenvalue weighted by atomic mass is 127. The first-order chi connectivity index (χ1) is 8.97. The predicted octanol–water partition coefficient (Wildman–Crippen LogP) is 5.90. The zero-order valence-electron chi connectivity index (χ0n) is 9.64. The van der Waals surface area contributed by atoms with Crippen molar-refractivity contribution in [2.45, 2.75) is 11.2 Å². The van der Waals surface area contributed by atoms with Crippen molar-refractivity contribution >= 4 is 50.1 Å². The first kappa shape index (κ1) is 15.2. The van der Waals surface area contributed by atoms with Gasteiger partial charge in [0.1, 0.15) is 0 Å². The SMILES string of the molecule is Fc1ccc(CC(Br)c2ccc(I)c(Cl)c2)cc1F. The van der Waals surface area contributed by atoms with Crippen LogP contribution < -0.4 is 0 Å². The molecule has 0 saturated carbocycles. The van der Waals surface area contributed by atoms with Gasteiger partial charge in [0, 0.05) is 8.40 Å². The summed E-state index contributed by atoms with van der Waals surface area (Å²) in [5.74, 6) is -1.65. The molecule has 5 heteroatoms. The van der Waals surface area contributed by atoms with Crippen LogP contribution in [-0.2, 0) is 6.42 Å². The number of hydrogen-bond donors (Lipinski definition) is 0. The van der Waals surface area contributed by atoms with Gasteiger partial charge in [0.25, 0.3) is 0 Å². The molecule has 2 aromatic rings. The van der Waals surface area contributed by atoms with E-state index in [-0.39, 0.29) is 4.83 Å². The van der Waals surface area contributed by atoms with Crippen molar-refractivity contribution < 1.29 is 8.78 Å². The van der Waals surface area contributed by atoms with Crippen molar-refractivity contribution in [1.29, 1.82) is 0 Å². The molecule has 0 aliphatic rings. The van der Waals surface area contributed by atoms with E-state index < -0.39 is 11.6 Å². The summed E-state index contributed by atoms with van der Waals surface area (Å²) in [5.41, 5.74) is 1.74. The second-order valence-electron chi connectivity index (χ2n) is 4.09. The van der Waals surface area contributed by atoms with Crippen LogP contribution in [0.3, 0.4) is 0 Å². The predicted molar refractivity (Wildman–Crippen MR) is 85.9 cm³/mol. The molecule has 0 aliphatic heterocycles. The quantitative estimate of drug-likeness (QED) is 0.398. The topological polar surface area (TPSA) is 0 Å². The molecule has 2 aromatic carbocycles. The van der Waals surface area contributed by atoms with Gasteiger partial charge in [-0.3, -0.25) is 0 Å². The fourth-order valence-corrected chi connectivity index (χ4v) is 2.88. The molecule has 1 unspecified atom stereocenters.